The highest BCUT2D eigenvalue weighted by atomic mass is 32.1. The van der Waals surface area contributed by atoms with Crippen molar-refractivity contribution in [1.29, 1.82) is 0 Å². The summed E-state index contributed by atoms with van der Waals surface area (Å²) in [6.07, 6.45) is 3.31. The highest BCUT2D eigenvalue weighted by Crippen LogP contribution is 2.32. The van der Waals surface area contributed by atoms with Crippen molar-refractivity contribution < 1.29 is 29.3 Å². The predicted octanol–water partition coefficient (Wildman–Crippen LogP) is 4.06. The van der Waals surface area contributed by atoms with E-state index in [0.717, 1.165) is 16.3 Å². The minimum absolute atomic E-state index is 0.125. The number of allylic oxidation sites excluding steroid dienone is 1. The van der Waals surface area contributed by atoms with Crippen LogP contribution in [0.2, 0.25) is 0 Å². The van der Waals surface area contributed by atoms with Gasteiger partial charge in [0.05, 0.1) is 34.7 Å². The molecule has 7 nitrogen and oxygen atoms in total. The van der Waals surface area contributed by atoms with Crippen molar-refractivity contribution in [3.8, 4) is 0 Å². The molecule has 1 aliphatic rings. The van der Waals surface area contributed by atoms with E-state index in [0.29, 0.717) is 12.8 Å². The fourth-order valence-corrected chi connectivity index (χ4v) is 4.61. The SMILES string of the molecule is C/C(=C\c1csc(C)n1)[C@@H]1C/C=C\CCC(=O)[C@H](C)[C@H](O)[C@@H](C)C(=O)C(C)(C)[C@@H](O)CC(=O)O1. The molecule has 0 fully saturated rings. The zero-order chi connectivity index (χ0) is 25.6. The molecule has 2 heterocycles. The highest BCUT2D eigenvalue weighted by molar-refractivity contribution is 7.09. The second-order valence-corrected chi connectivity index (χ2v) is 10.8. The van der Waals surface area contributed by atoms with Crippen molar-refractivity contribution in [1.82, 2.24) is 4.98 Å². The van der Waals surface area contributed by atoms with Crippen molar-refractivity contribution in [2.24, 2.45) is 17.3 Å². The number of rotatable bonds is 2. The van der Waals surface area contributed by atoms with Crippen molar-refractivity contribution in [2.75, 3.05) is 0 Å². The normalized spacial score (nSPS) is 31.2. The van der Waals surface area contributed by atoms with Crippen molar-refractivity contribution in [2.45, 2.75) is 85.5 Å². The number of nitrogens with zero attached hydrogens (tertiary/aromatic N) is 1. The fraction of sp³-hybridized carbons (Fsp3) is 0.615. The van der Waals surface area contributed by atoms with Gasteiger partial charge in [-0.15, -0.1) is 11.3 Å². The molecule has 0 aromatic carbocycles. The Balaban J connectivity index is 2.32. The van der Waals surface area contributed by atoms with Crippen LogP contribution in [0.25, 0.3) is 6.08 Å². The summed E-state index contributed by atoms with van der Waals surface area (Å²) >= 11 is 1.53. The Morgan fingerprint density at radius 1 is 1.18 bits per heavy atom. The maximum absolute atomic E-state index is 13.1. The van der Waals surface area contributed by atoms with E-state index in [4.69, 9.17) is 4.74 Å². The van der Waals surface area contributed by atoms with Gasteiger partial charge in [0.2, 0.25) is 0 Å². The highest BCUT2D eigenvalue weighted by Gasteiger charge is 2.43. The van der Waals surface area contributed by atoms with Crippen LogP contribution >= 0.6 is 11.3 Å². The first-order valence-corrected chi connectivity index (χ1v) is 12.6. The van der Waals surface area contributed by atoms with E-state index >= 15 is 0 Å². The lowest BCUT2D eigenvalue weighted by molar-refractivity contribution is -0.154. The number of aromatic nitrogens is 1. The van der Waals surface area contributed by atoms with Gasteiger partial charge >= 0.3 is 5.97 Å². The van der Waals surface area contributed by atoms with Crippen LogP contribution in [0.4, 0.5) is 0 Å². The molecular weight excluding hydrogens is 454 g/mol. The van der Waals surface area contributed by atoms with Gasteiger partial charge in [0.25, 0.3) is 0 Å². The molecule has 0 radical (unpaired) electrons. The van der Waals surface area contributed by atoms with E-state index in [1.54, 1.807) is 27.7 Å². The van der Waals surface area contributed by atoms with E-state index < -0.39 is 47.3 Å². The molecule has 5 atom stereocenters. The molecular formula is C26H37NO6S. The van der Waals surface area contributed by atoms with Gasteiger partial charge in [-0.05, 0) is 31.9 Å². The number of carbonyl (C=O) groups is 3. The first-order valence-electron chi connectivity index (χ1n) is 11.7. The molecule has 1 aromatic rings. The maximum Gasteiger partial charge on any atom is 0.309 e. The van der Waals surface area contributed by atoms with E-state index in [1.165, 1.54) is 11.3 Å². The summed E-state index contributed by atoms with van der Waals surface area (Å²) in [5, 5.41) is 24.3. The summed E-state index contributed by atoms with van der Waals surface area (Å²) in [6, 6.07) is 0. The minimum Gasteiger partial charge on any atom is -0.457 e. The quantitative estimate of drug-likeness (QED) is 0.474. The Labute approximate surface area is 205 Å². The summed E-state index contributed by atoms with van der Waals surface area (Å²) < 4.78 is 5.71. The Morgan fingerprint density at radius 2 is 1.85 bits per heavy atom. The minimum atomic E-state index is -1.31. The van der Waals surface area contributed by atoms with Crippen molar-refractivity contribution >= 4 is 34.9 Å². The summed E-state index contributed by atoms with van der Waals surface area (Å²) in [5.41, 5.74) is 0.277. The van der Waals surface area contributed by atoms with E-state index in [2.05, 4.69) is 4.98 Å². The van der Waals surface area contributed by atoms with Crippen LogP contribution in [0, 0.1) is 24.2 Å². The van der Waals surface area contributed by atoms with Gasteiger partial charge in [-0.2, -0.15) is 0 Å². The Bertz CT molecular complexity index is 947. The molecule has 0 aliphatic carbocycles. The van der Waals surface area contributed by atoms with Gasteiger partial charge in [-0.3, -0.25) is 14.4 Å². The molecule has 34 heavy (non-hydrogen) atoms. The van der Waals surface area contributed by atoms with Gasteiger partial charge in [-0.1, -0.05) is 39.8 Å². The average Bonchev–Trinajstić information content (AvgIpc) is 3.19. The number of aliphatic hydroxyl groups is 2. The third-order valence-electron chi connectivity index (χ3n) is 6.64. The van der Waals surface area contributed by atoms with Crippen LogP contribution in [0.15, 0.2) is 23.1 Å². The van der Waals surface area contributed by atoms with Crippen molar-refractivity contribution in [3.63, 3.8) is 0 Å². The number of aliphatic hydroxyl groups excluding tert-OH is 2. The number of carbonyl (C=O) groups excluding carboxylic acids is 3. The Morgan fingerprint density at radius 3 is 2.47 bits per heavy atom. The first kappa shape index (κ1) is 28.1. The smallest absolute Gasteiger partial charge is 0.309 e. The van der Waals surface area contributed by atoms with Gasteiger partial charge < -0.3 is 14.9 Å². The third-order valence-corrected chi connectivity index (χ3v) is 7.43. The van der Waals surface area contributed by atoms with Crippen LogP contribution in [0.1, 0.15) is 71.0 Å². The Kier molecular flexibility index (Phi) is 9.91. The summed E-state index contributed by atoms with van der Waals surface area (Å²) in [4.78, 5) is 42.9. The van der Waals surface area contributed by atoms with Gasteiger partial charge in [0, 0.05) is 30.1 Å². The number of Topliss-reactive ketones (excluding diaryl/α,β-unsaturated/α-hetero) is 2. The average molecular weight is 492 g/mol. The lowest BCUT2D eigenvalue weighted by atomic mass is 9.73. The predicted molar refractivity (Wildman–Crippen MR) is 132 cm³/mol. The number of ether oxygens (including phenoxy) is 1. The summed E-state index contributed by atoms with van der Waals surface area (Å²) in [5.74, 6) is -2.73. The number of esters is 1. The van der Waals surface area contributed by atoms with Crippen LogP contribution in [-0.4, -0.2) is 51.0 Å². The monoisotopic (exact) mass is 491 g/mol. The standard InChI is InChI=1S/C26H37NO6S/c1-15(12-19-14-34-18(4)27-19)21-11-9-7-8-10-20(28)16(2)24(31)17(3)25(32)26(5,6)22(29)13-23(30)33-21/h7,9,12,14,16-17,21-22,24,29,31H,8,10-11,13H2,1-6H3/b9-7-,15-12+/t16-,17+,21-,22-,24-/m0/s1. The number of hydrogen-bond donors (Lipinski definition) is 2. The molecule has 0 saturated heterocycles. The fourth-order valence-electron chi connectivity index (χ4n) is 4.04. The zero-order valence-electron chi connectivity index (χ0n) is 20.9. The van der Waals surface area contributed by atoms with Gasteiger partial charge in [0.15, 0.2) is 0 Å². The van der Waals surface area contributed by atoms with Crippen LogP contribution < -0.4 is 0 Å². The molecule has 1 aromatic heterocycles. The third kappa shape index (κ3) is 7.17. The first-order chi connectivity index (χ1) is 15.8. The molecule has 0 bridgehead atoms. The maximum atomic E-state index is 13.1. The summed E-state index contributed by atoms with van der Waals surface area (Å²) in [6.45, 7) is 10.0. The zero-order valence-corrected chi connectivity index (χ0v) is 21.7. The van der Waals surface area contributed by atoms with Crippen LogP contribution in [0.5, 0.6) is 0 Å². The molecule has 1 aliphatic heterocycles. The molecule has 2 N–H and O–H groups in total. The van der Waals surface area contributed by atoms with Crippen LogP contribution in [0.3, 0.4) is 0 Å². The number of aryl methyl sites for hydroxylation is 1. The number of ketones is 2. The molecule has 0 unspecified atom stereocenters. The number of thiazole rings is 1. The van der Waals surface area contributed by atoms with Gasteiger partial charge in [-0.25, -0.2) is 4.98 Å². The van der Waals surface area contributed by atoms with E-state index in [1.807, 2.05) is 37.5 Å². The number of cyclic esters (lactones) is 1. The molecule has 0 spiro atoms. The second-order valence-electron chi connectivity index (χ2n) is 9.74. The molecule has 188 valence electrons. The Hall–Kier alpha value is -2.16. The topological polar surface area (TPSA) is 114 Å². The largest absolute Gasteiger partial charge is 0.457 e. The van der Waals surface area contributed by atoms with E-state index in [9.17, 15) is 24.6 Å². The van der Waals surface area contributed by atoms with Crippen LogP contribution in [-0.2, 0) is 19.1 Å². The lowest BCUT2D eigenvalue weighted by Gasteiger charge is -2.34. The second kappa shape index (κ2) is 12.0. The molecule has 2 rings (SSSR count). The molecule has 8 heteroatoms. The molecule has 0 saturated carbocycles. The molecule has 0 amide bonds. The summed E-state index contributed by atoms with van der Waals surface area (Å²) in [7, 11) is 0. The van der Waals surface area contributed by atoms with Crippen molar-refractivity contribution in [3.05, 3.63) is 33.8 Å². The van der Waals surface area contributed by atoms with Gasteiger partial charge in [0.1, 0.15) is 17.7 Å². The lowest BCUT2D eigenvalue weighted by Crippen LogP contribution is -2.46. The van der Waals surface area contributed by atoms with E-state index in [-0.39, 0.29) is 18.6 Å². The number of hydrogen-bond acceptors (Lipinski definition) is 8.